The molecular formula is C20H22ClN3O3S. The molecule has 1 saturated heterocycles. The van der Waals surface area contributed by atoms with Gasteiger partial charge in [-0.05, 0) is 35.7 Å². The summed E-state index contributed by atoms with van der Waals surface area (Å²) in [5, 5.41) is 0.336. The number of carbonyl (C=O) groups is 1. The zero-order valence-corrected chi connectivity index (χ0v) is 16.9. The van der Waals surface area contributed by atoms with E-state index in [1.165, 1.54) is 23.3 Å². The van der Waals surface area contributed by atoms with Crippen molar-refractivity contribution >= 4 is 27.5 Å². The van der Waals surface area contributed by atoms with Gasteiger partial charge in [0, 0.05) is 37.2 Å². The molecule has 0 bridgehead atoms. The molecule has 0 radical (unpaired) electrons. The highest BCUT2D eigenvalue weighted by atomic mass is 35.5. The van der Waals surface area contributed by atoms with Gasteiger partial charge >= 0.3 is 0 Å². The fourth-order valence-electron chi connectivity index (χ4n) is 3.71. The van der Waals surface area contributed by atoms with Crippen LogP contribution < -0.4 is 4.72 Å². The average Bonchev–Trinajstić information content (AvgIpc) is 2.65. The Balaban J connectivity index is 1.28. The predicted molar refractivity (Wildman–Crippen MR) is 108 cm³/mol. The van der Waals surface area contributed by atoms with Gasteiger partial charge in [0.2, 0.25) is 15.9 Å². The second-order valence-electron chi connectivity index (χ2n) is 7.22. The molecular weight excluding hydrogens is 398 g/mol. The van der Waals surface area contributed by atoms with Crippen molar-refractivity contribution in [3.8, 4) is 0 Å². The van der Waals surface area contributed by atoms with Gasteiger partial charge in [0.1, 0.15) is 0 Å². The highest BCUT2D eigenvalue weighted by Gasteiger charge is 2.36. The zero-order valence-electron chi connectivity index (χ0n) is 15.3. The Morgan fingerprint density at radius 1 is 1.11 bits per heavy atom. The third-order valence-electron chi connectivity index (χ3n) is 5.41. The number of hydrogen-bond acceptors (Lipinski definition) is 4. The standard InChI is InChI=1S/C20H22ClN3O3S/c21-17-6-3-7-19(10-17)28(26,27)22-11-20(25)24-13-18(14-24)23-9-8-15-4-1-2-5-16(15)12-23/h1-7,10,18,22H,8-9,11-14H2. The Labute approximate surface area is 170 Å². The lowest BCUT2D eigenvalue weighted by molar-refractivity contribution is -0.137. The van der Waals surface area contributed by atoms with E-state index in [4.69, 9.17) is 11.6 Å². The van der Waals surface area contributed by atoms with Crippen molar-refractivity contribution in [2.24, 2.45) is 0 Å². The minimum absolute atomic E-state index is 0.0567. The van der Waals surface area contributed by atoms with Gasteiger partial charge in [0.05, 0.1) is 11.4 Å². The number of carbonyl (C=O) groups excluding carboxylic acids is 1. The number of amides is 1. The van der Waals surface area contributed by atoms with Crippen molar-refractivity contribution in [2.45, 2.75) is 23.9 Å². The number of rotatable bonds is 5. The van der Waals surface area contributed by atoms with Crippen LogP contribution in [0.15, 0.2) is 53.4 Å². The molecule has 4 rings (SSSR count). The van der Waals surface area contributed by atoms with Crippen LogP contribution in [-0.4, -0.2) is 56.3 Å². The minimum atomic E-state index is -3.76. The molecule has 1 amide bonds. The topological polar surface area (TPSA) is 69.7 Å². The summed E-state index contributed by atoms with van der Waals surface area (Å²) in [5.74, 6) is -0.209. The highest BCUT2D eigenvalue weighted by molar-refractivity contribution is 7.89. The van der Waals surface area contributed by atoms with Crippen molar-refractivity contribution in [1.29, 1.82) is 0 Å². The van der Waals surface area contributed by atoms with Crippen LogP contribution in [-0.2, 0) is 27.8 Å². The summed E-state index contributed by atoms with van der Waals surface area (Å²) in [6, 6.07) is 14.8. The Kier molecular flexibility index (Phi) is 5.42. The Morgan fingerprint density at radius 2 is 1.86 bits per heavy atom. The van der Waals surface area contributed by atoms with Gasteiger partial charge < -0.3 is 4.90 Å². The molecule has 8 heteroatoms. The summed E-state index contributed by atoms with van der Waals surface area (Å²) in [4.78, 5) is 16.5. The molecule has 2 aromatic rings. The van der Waals surface area contributed by atoms with Crippen molar-refractivity contribution in [3.63, 3.8) is 0 Å². The van der Waals surface area contributed by atoms with Crippen LogP contribution in [0.4, 0.5) is 0 Å². The molecule has 0 spiro atoms. The van der Waals surface area contributed by atoms with Gasteiger partial charge in [0.25, 0.3) is 0 Å². The molecule has 148 valence electrons. The maximum Gasteiger partial charge on any atom is 0.241 e. The van der Waals surface area contributed by atoms with E-state index in [1.807, 2.05) is 0 Å². The van der Waals surface area contributed by atoms with Gasteiger partial charge in [-0.25, -0.2) is 13.1 Å². The molecule has 2 aliphatic rings. The van der Waals surface area contributed by atoms with E-state index < -0.39 is 10.0 Å². The van der Waals surface area contributed by atoms with E-state index in [9.17, 15) is 13.2 Å². The van der Waals surface area contributed by atoms with Crippen LogP contribution in [0.5, 0.6) is 0 Å². The van der Waals surface area contributed by atoms with E-state index in [2.05, 4.69) is 33.9 Å². The molecule has 0 atom stereocenters. The first-order valence-electron chi connectivity index (χ1n) is 9.26. The number of nitrogens with zero attached hydrogens (tertiary/aromatic N) is 2. The summed E-state index contributed by atoms with van der Waals surface area (Å²) >= 11 is 5.85. The second-order valence-corrected chi connectivity index (χ2v) is 9.43. The first-order chi connectivity index (χ1) is 13.4. The fourth-order valence-corrected chi connectivity index (χ4v) is 4.98. The number of fused-ring (bicyclic) bond motifs is 1. The maximum atomic E-state index is 12.4. The van der Waals surface area contributed by atoms with E-state index >= 15 is 0 Å². The van der Waals surface area contributed by atoms with E-state index in [0.29, 0.717) is 24.2 Å². The fraction of sp³-hybridized carbons (Fsp3) is 0.350. The molecule has 1 N–H and O–H groups in total. The van der Waals surface area contributed by atoms with E-state index in [1.54, 1.807) is 17.0 Å². The molecule has 2 aromatic carbocycles. The first-order valence-corrected chi connectivity index (χ1v) is 11.1. The van der Waals surface area contributed by atoms with Gasteiger partial charge in [-0.3, -0.25) is 9.69 Å². The number of benzene rings is 2. The van der Waals surface area contributed by atoms with E-state index in [0.717, 1.165) is 19.5 Å². The summed E-state index contributed by atoms with van der Waals surface area (Å²) in [7, 11) is -3.76. The molecule has 6 nitrogen and oxygen atoms in total. The monoisotopic (exact) mass is 419 g/mol. The highest BCUT2D eigenvalue weighted by Crippen LogP contribution is 2.24. The molecule has 28 heavy (non-hydrogen) atoms. The third-order valence-corrected chi connectivity index (χ3v) is 7.05. The maximum absolute atomic E-state index is 12.4. The van der Waals surface area contributed by atoms with Crippen LogP contribution in [0.25, 0.3) is 0 Å². The van der Waals surface area contributed by atoms with Gasteiger partial charge in [-0.1, -0.05) is 41.9 Å². The molecule has 0 saturated carbocycles. The predicted octanol–water partition coefficient (Wildman–Crippen LogP) is 1.89. The summed E-state index contributed by atoms with van der Waals surface area (Å²) < 4.78 is 27.0. The van der Waals surface area contributed by atoms with Crippen LogP contribution in [0, 0.1) is 0 Å². The molecule has 2 heterocycles. The lowest BCUT2D eigenvalue weighted by Gasteiger charge is -2.47. The average molecular weight is 420 g/mol. The number of halogens is 1. The summed E-state index contributed by atoms with van der Waals surface area (Å²) in [6.45, 7) is 2.93. The first kappa shape index (κ1) is 19.4. The van der Waals surface area contributed by atoms with Gasteiger partial charge in [-0.2, -0.15) is 0 Å². The van der Waals surface area contributed by atoms with Crippen molar-refractivity contribution in [1.82, 2.24) is 14.5 Å². The largest absolute Gasteiger partial charge is 0.338 e. The Bertz CT molecular complexity index is 990. The molecule has 0 unspecified atom stereocenters. The smallest absolute Gasteiger partial charge is 0.241 e. The number of nitrogens with one attached hydrogen (secondary N) is 1. The number of sulfonamides is 1. The SMILES string of the molecule is O=C(CNS(=O)(=O)c1cccc(Cl)c1)N1CC(N2CCc3ccccc3C2)C1. The van der Waals surface area contributed by atoms with Crippen LogP contribution in [0.2, 0.25) is 5.02 Å². The van der Waals surface area contributed by atoms with Crippen LogP contribution in [0.1, 0.15) is 11.1 Å². The van der Waals surface area contributed by atoms with Crippen molar-refractivity contribution in [2.75, 3.05) is 26.2 Å². The minimum Gasteiger partial charge on any atom is -0.338 e. The Morgan fingerprint density at radius 3 is 2.61 bits per heavy atom. The van der Waals surface area contributed by atoms with Gasteiger partial charge in [0.15, 0.2) is 0 Å². The lowest BCUT2D eigenvalue weighted by Crippen LogP contribution is -2.62. The van der Waals surface area contributed by atoms with E-state index in [-0.39, 0.29) is 17.3 Å². The zero-order chi connectivity index (χ0) is 19.7. The molecule has 1 fully saturated rings. The second kappa shape index (κ2) is 7.83. The lowest BCUT2D eigenvalue weighted by atomic mass is 9.96. The number of likely N-dealkylation sites (tertiary alicyclic amines) is 1. The molecule has 0 aromatic heterocycles. The third kappa shape index (κ3) is 4.07. The summed E-state index contributed by atoms with van der Waals surface area (Å²) in [6.07, 6.45) is 1.03. The quantitative estimate of drug-likeness (QED) is 0.803. The molecule has 2 aliphatic heterocycles. The van der Waals surface area contributed by atoms with Crippen LogP contribution in [0.3, 0.4) is 0 Å². The number of hydrogen-bond donors (Lipinski definition) is 1. The van der Waals surface area contributed by atoms with Crippen molar-refractivity contribution in [3.05, 3.63) is 64.7 Å². The van der Waals surface area contributed by atoms with Gasteiger partial charge in [-0.15, -0.1) is 0 Å². The Hall–Kier alpha value is -1.93. The normalized spacial score (nSPS) is 17.8. The molecule has 0 aliphatic carbocycles. The van der Waals surface area contributed by atoms with Crippen molar-refractivity contribution < 1.29 is 13.2 Å². The summed E-state index contributed by atoms with van der Waals surface area (Å²) in [5.41, 5.74) is 2.76. The van der Waals surface area contributed by atoms with Crippen LogP contribution >= 0.6 is 11.6 Å².